The van der Waals surface area contributed by atoms with Gasteiger partial charge in [-0.25, -0.2) is 4.79 Å². The number of aromatic nitrogens is 4. The van der Waals surface area contributed by atoms with Crippen molar-refractivity contribution in [2.45, 2.75) is 12.5 Å². The van der Waals surface area contributed by atoms with Crippen LogP contribution in [-0.2, 0) is 16.0 Å². The molecule has 1 aromatic heterocycles. The van der Waals surface area contributed by atoms with Crippen molar-refractivity contribution in [3.8, 4) is 5.69 Å². The highest BCUT2D eigenvalue weighted by molar-refractivity contribution is 6.41. The van der Waals surface area contributed by atoms with E-state index in [0.717, 1.165) is 5.56 Å². The van der Waals surface area contributed by atoms with Gasteiger partial charge in [0.1, 0.15) is 6.33 Å². The molecule has 0 bridgehead atoms. The van der Waals surface area contributed by atoms with Gasteiger partial charge < -0.3 is 20.2 Å². The third-order valence-electron chi connectivity index (χ3n) is 6.51. The first kappa shape index (κ1) is 25.9. The van der Waals surface area contributed by atoms with Gasteiger partial charge in [0.05, 0.1) is 23.0 Å². The number of halogens is 1. The van der Waals surface area contributed by atoms with Crippen molar-refractivity contribution in [3.63, 3.8) is 0 Å². The molecule has 1 aliphatic rings. The van der Waals surface area contributed by atoms with Crippen LogP contribution >= 0.6 is 11.6 Å². The highest BCUT2D eigenvalue weighted by atomic mass is 35.5. The smallest absolute Gasteiger partial charge is 0.335 e. The average Bonchev–Trinajstić information content (AvgIpc) is 3.48. The van der Waals surface area contributed by atoms with E-state index in [1.165, 1.54) is 28.0 Å². The van der Waals surface area contributed by atoms with Gasteiger partial charge >= 0.3 is 17.8 Å². The number of hydrogen-bond donors (Lipinski definition) is 2. The minimum Gasteiger partial charge on any atom is -0.478 e. The van der Waals surface area contributed by atoms with Crippen molar-refractivity contribution in [2.75, 3.05) is 29.9 Å². The lowest BCUT2D eigenvalue weighted by Crippen LogP contribution is -2.59. The van der Waals surface area contributed by atoms with Crippen LogP contribution < -0.4 is 10.2 Å². The molecular weight excluding hydrogens is 522 g/mol. The highest BCUT2D eigenvalue weighted by Gasteiger charge is 2.38. The van der Waals surface area contributed by atoms with Crippen LogP contribution in [0.3, 0.4) is 0 Å². The number of carbonyl (C=O) groups excluding carboxylic acids is 2. The monoisotopic (exact) mass is 545 g/mol. The van der Waals surface area contributed by atoms with Crippen LogP contribution in [0.4, 0.5) is 11.4 Å². The lowest BCUT2D eigenvalue weighted by molar-refractivity contribution is -0.147. The number of carboxylic acid groups (broad SMARTS) is 1. The summed E-state index contributed by atoms with van der Waals surface area (Å²) in [7, 11) is 0. The van der Waals surface area contributed by atoms with Crippen molar-refractivity contribution >= 4 is 40.8 Å². The zero-order valence-electron chi connectivity index (χ0n) is 20.6. The summed E-state index contributed by atoms with van der Waals surface area (Å²) >= 11 is 6.24. The van der Waals surface area contributed by atoms with Gasteiger partial charge in [0.25, 0.3) is 0 Å². The predicted molar refractivity (Wildman–Crippen MR) is 144 cm³/mol. The third-order valence-corrected chi connectivity index (χ3v) is 6.74. The van der Waals surface area contributed by atoms with E-state index in [2.05, 4.69) is 20.8 Å². The Labute approximate surface area is 228 Å². The van der Waals surface area contributed by atoms with Gasteiger partial charge in [0.2, 0.25) is 0 Å². The van der Waals surface area contributed by atoms with Crippen LogP contribution in [0.5, 0.6) is 0 Å². The molecular formula is C27H24ClN7O4. The van der Waals surface area contributed by atoms with Gasteiger partial charge in [0.15, 0.2) is 0 Å². The molecule has 11 nitrogen and oxygen atoms in total. The standard InChI is InChI=1S/C27H24ClN7O4/c28-20-8-11-23(35-17-30-31-32-35)24(15-20)34-13-12-33(25(36)26(34)37)22(14-18-4-2-1-3-5-18)16-29-21-9-6-19(7-10-21)27(38)39/h1-11,15,17,22,29H,12-14,16H2,(H,38,39)/t22-/m0/s1. The molecule has 1 atom stereocenters. The number of carbonyl (C=O) groups is 3. The van der Waals surface area contributed by atoms with Crippen molar-refractivity contribution in [1.82, 2.24) is 25.1 Å². The first-order chi connectivity index (χ1) is 18.9. The van der Waals surface area contributed by atoms with E-state index in [-0.39, 0.29) is 18.2 Å². The number of tetrazole rings is 1. The van der Waals surface area contributed by atoms with Crippen LogP contribution in [-0.4, -0.2) is 73.7 Å². The fourth-order valence-electron chi connectivity index (χ4n) is 4.55. The number of nitrogens with zero attached hydrogens (tertiary/aromatic N) is 6. The average molecular weight is 546 g/mol. The SMILES string of the molecule is O=C(O)c1ccc(NC[C@H](Cc2ccccc2)N2CCN(c3cc(Cl)ccc3-n3cnnn3)C(=O)C2=O)cc1. The molecule has 12 heteroatoms. The van der Waals surface area contributed by atoms with Crippen LogP contribution in [0.25, 0.3) is 5.69 Å². The van der Waals surface area contributed by atoms with Crippen molar-refractivity contribution in [2.24, 2.45) is 0 Å². The molecule has 39 heavy (non-hydrogen) atoms. The van der Waals surface area contributed by atoms with Crippen LogP contribution in [0.15, 0.2) is 79.1 Å². The third kappa shape index (κ3) is 5.73. The van der Waals surface area contributed by atoms with Gasteiger partial charge in [0, 0.05) is 30.3 Å². The summed E-state index contributed by atoms with van der Waals surface area (Å²) < 4.78 is 1.41. The Hall–Kier alpha value is -4.77. The molecule has 4 aromatic rings. The number of nitrogens with one attached hydrogen (secondary N) is 1. The summed E-state index contributed by atoms with van der Waals surface area (Å²) in [6, 6.07) is 20.7. The summed E-state index contributed by atoms with van der Waals surface area (Å²) in [6.07, 6.45) is 1.92. The Balaban J connectivity index is 1.38. The molecule has 5 rings (SSSR count). The molecule has 3 aromatic carbocycles. The number of hydrogen-bond acceptors (Lipinski definition) is 7. The second-order valence-electron chi connectivity index (χ2n) is 8.95. The fourth-order valence-corrected chi connectivity index (χ4v) is 4.72. The molecule has 198 valence electrons. The van der Waals surface area contributed by atoms with E-state index >= 15 is 0 Å². The molecule has 1 aliphatic heterocycles. The molecule has 1 saturated heterocycles. The molecule has 0 aliphatic carbocycles. The predicted octanol–water partition coefficient (Wildman–Crippen LogP) is 2.91. The Morgan fingerprint density at radius 2 is 1.74 bits per heavy atom. The number of benzene rings is 3. The number of piperazine rings is 1. The topological polar surface area (TPSA) is 134 Å². The molecule has 2 amide bonds. The van der Waals surface area contributed by atoms with E-state index in [1.54, 1.807) is 35.2 Å². The maximum absolute atomic E-state index is 13.5. The quantitative estimate of drug-likeness (QED) is 0.307. The molecule has 0 unspecified atom stereocenters. The summed E-state index contributed by atoms with van der Waals surface area (Å²) in [6.45, 7) is 0.898. The van der Waals surface area contributed by atoms with Crippen LogP contribution in [0.1, 0.15) is 15.9 Å². The van der Waals surface area contributed by atoms with Gasteiger partial charge in [-0.3, -0.25) is 9.59 Å². The Bertz CT molecular complexity index is 1480. The van der Waals surface area contributed by atoms with E-state index in [9.17, 15) is 14.4 Å². The minimum absolute atomic E-state index is 0.181. The summed E-state index contributed by atoms with van der Waals surface area (Å²) in [5.74, 6) is -2.32. The fraction of sp³-hybridized carbons (Fsp3) is 0.185. The van der Waals surface area contributed by atoms with Gasteiger partial charge in [-0.2, -0.15) is 4.68 Å². The number of carboxylic acids is 1. The second kappa shape index (κ2) is 11.3. The van der Waals surface area contributed by atoms with Gasteiger partial charge in [-0.15, -0.1) is 5.10 Å². The van der Waals surface area contributed by atoms with Crippen LogP contribution in [0, 0.1) is 0 Å². The number of anilines is 2. The molecule has 0 radical (unpaired) electrons. The zero-order valence-corrected chi connectivity index (χ0v) is 21.4. The second-order valence-corrected chi connectivity index (χ2v) is 9.39. The highest BCUT2D eigenvalue weighted by Crippen LogP contribution is 2.29. The lowest BCUT2D eigenvalue weighted by Gasteiger charge is -2.39. The Morgan fingerprint density at radius 3 is 2.44 bits per heavy atom. The Morgan fingerprint density at radius 1 is 0.974 bits per heavy atom. The lowest BCUT2D eigenvalue weighted by atomic mass is 10.0. The molecule has 2 N–H and O–H groups in total. The zero-order chi connectivity index (χ0) is 27.4. The first-order valence-corrected chi connectivity index (χ1v) is 12.5. The van der Waals surface area contributed by atoms with E-state index < -0.39 is 17.8 Å². The number of aromatic carboxylic acids is 1. The maximum atomic E-state index is 13.5. The van der Waals surface area contributed by atoms with Crippen molar-refractivity contribution in [3.05, 3.63) is 95.3 Å². The van der Waals surface area contributed by atoms with E-state index in [4.69, 9.17) is 16.7 Å². The van der Waals surface area contributed by atoms with Crippen LogP contribution in [0.2, 0.25) is 5.02 Å². The van der Waals surface area contributed by atoms with Gasteiger partial charge in [-0.05, 0) is 64.9 Å². The first-order valence-electron chi connectivity index (χ1n) is 12.2. The van der Waals surface area contributed by atoms with Crippen molar-refractivity contribution in [1.29, 1.82) is 0 Å². The minimum atomic E-state index is -1.01. The summed E-state index contributed by atoms with van der Waals surface area (Å²) in [5.41, 5.74) is 2.86. The number of amides is 2. The molecule has 2 heterocycles. The maximum Gasteiger partial charge on any atom is 0.335 e. The molecule has 1 fully saturated rings. The van der Waals surface area contributed by atoms with E-state index in [0.29, 0.717) is 41.6 Å². The molecule has 0 saturated carbocycles. The number of rotatable bonds is 9. The summed E-state index contributed by atoms with van der Waals surface area (Å²) in [5, 5.41) is 24.1. The van der Waals surface area contributed by atoms with Crippen molar-refractivity contribution < 1.29 is 19.5 Å². The molecule has 0 spiro atoms. The summed E-state index contributed by atoms with van der Waals surface area (Å²) in [4.78, 5) is 41.1. The largest absolute Gasteiger partial charge is 0.478 e. The Kier molecular flexibility index (Phi) is 7.50. The normalized spacial score (nSPS) is 14.4. The van der Waals surface area contributed by atoms with E-state index in [1.807, 2.05) is 30.3 Å². The van der Waals surface area contributed by atoms with Gasteiger partial charge in [-0.1, -0.05) is 41.9 Å².